The number of benzene rings is 1. The van der Waals surface area contributed by atoms with E-state index < -0.39 is 0 Å². The summed E-state index contributed by atoms with van der Waals surface area (Å²) >= 11 is 11.8. The molecule has 1 amide bonds. The minimum Gasteiger partial charge on any atom is -0.338 e. The van der Waals surface area contributed by atoms with E-state index in [0.717, 1.165) is 25.1 Å². The van der Waals surface area contributed by atoms with Crippen LogP contribution in [0.4, 0.5) is 0 Å². The molecule has 0 spiro atoms. The molecular weight excluding hydrogens is 257 g/mol. The fourth-order valence-electron chi connectivity index (χ4n) is 2.14. The Kier molecular flexibility index (Phi) is 3.95. The number of rotatable bonds is 2. The van der Waals surface area contributed by atoms with Gasteiger partial charge in [0.25, 0.3) is 5.91 Å². The molecule has 0 aliphatic carbocycles. The molecule has 2 nitrogen and oxygen atoms in total. The maximum atomic E-state index is 12.3. The molecular formula is C13H15Cl2NO. The van der Waals surface area contributed by atoms with Gasteiger partial charge < -0.3 is 4.90 Å². The Bertz CT molecular complexity index is 433. The molecule has 0 aromatic heterocycles. The van der Waals surface area contributed by atoms with Crippen molar-refractivity contribution in [2.75, 3.05) is 19.0 Å². The van der Waals surface area contributed by atoms with E-state index in [-0.39, 0.29) is 5.91 Å². The second kappa shape index (κ2) is 5.28. The Hall–Kier alpha value is -0.730. The third kappa shape index (κ3) is 2.75. The lowest BCUT2D eigenvalue weighted by atomic mass is 10.1. The Morgan fingerprint density at radius 2 is 2.29 bits per heavy atom. The molecule has 1 saturated heterocycles. The average molecular weight is 272 g/mol. The first-order chi connectivity index (χ1) is 8.11. The molecule has 1 aromatic carbocycles. The molecule has 1 fully saturated rings. The lowest BCUT2D eigenvalue weighted by molar-refractivity contribution is 0.0787. The van der Waals surface area contributed by atoms with E-state index in [1.807, 2.05) is 17.9 Å². The van der Waals surface area contributed by atoms with E-state index in [0.29, 0.717) is 22.4 Å². The number of amides is 1. The topological polar surface area (TPSA) is 20.3 Å². The van der Waals surface area contributed by atoms with Crippen LogP contribution in [0.15, 0.2) is 18.2 Å². The van der Waals surface area contributed by atoms with E-state index in [4.69, 9.17) is 23.2 Å². The maximum absolute atomic E-state index is 12.3. The van der Waals surface area contributed by atoms with Crippen LogP contribution in [0.5, 0.6) is 0 Å². The van der Waals surface area contributed by atoms with Crippen LogP contribution in [0.2, 0.25) is 5.02 Å². The van der Waals surface area contributed by atoms with Crippen LogP contribution in [-0.2, 0) is 0 Å². The van der Waals surface area contributed by atoms with Crippen molar-refractivity contribution >= 4 is 29.1 Å². The zero-order valence-electron chi connectivity index (χ0n) is 9.75. The van der Waals surface area contributed by atoms with Gasteiger partial charge in [0.05, 0.1) is 0 Å². The molecule has 1 aromatic rings. The number of hydrogen-bond donors (Lipinski definition) is 0. The predicted octanol–water partition coefficient (Wildman–Crippen LogP) is 3.35. The summed E-state index contributed by atoms with van der Waals surface area (Å²) in [5.41, 5.74) is 1.67. The Labute approximate surface area is 112 Å². The van der Waals surface area contributed by atoms with Gasteiger partial charge in [-0.25, -0.2) is 0 Å². The van der Waals surface area contributed by atoms with Gasteiger partial charge in [-0.15, -0.1) is 11.6 Å². The van der Waals surface area contributed by atoms with Gasteiger partial charge in [-0.3, -0.25) is 4.79 Å². The predicted molar refractivity (Wildman–Crippen MR) is 70.9 cm³/mol. The summed E-state index contributed by atoms with van der Waals surface area (Å²) < 4.78 is 0. The third-order valence-electron chi connectivity index (χ3n) is 3.22. The quantitative estimate of drug-likeness (QED) is 0.756. The molecule has 92 valence electrons. The summed E-state index contributed by atoms with van der Waals surface area (Å²) in [4.78, 5) is 14.2. The normalized spacial score (nSPS) is 19.7. The van der Waals surface area contributed by atoms with E-state index in [9.17, 15) is 4.79 Å². The highest BCUT2D eigenvalue weighted by molar-refractivity contribution is 6.31. The Morgan fingerprint density at radius 3 is 2.94 bits per heavy atom. The number of halogens is 2. The van der Waals surface area contributed by atoms with Gasteiger partial charge in [-0.2, -0.15) is 0 Å². The van der Waals surface area contributed by atoms with Crippen LogP contribution in [-0.4, -0.2) is 29.8 Å². The molecule has 0 N–H and O–H groups in total. The summed E-state index contributed by atoms with van der Waals surface area (Å²) in [6.45, 7) is 3.48. The number of hydrogen-bond acceptors (Lipinski definition) is 1. The summed E-state index contributed by atoms with van der Waals surface area (Å²) in [5, 5.41) is 0.604. The number of nitrogens with zero attached hydrogens (tertiary/aromatic N) is 1. The van der Waals surface area contributed by atoms with Crippen molar-refractivity contribution in [3.63, 3.8) is 0 Å². The van der Waals surface area contributed by atoms with Crippen molar-refractivity contribution in [2.45, 2.75) is 13.3 Å². The molecule has 1 atom stereocenters. The maximum Gasteiger partial charge on any atom is 0.254 e. The molecule has 1 unspecified atom stereocenters. The lowest BCUT2D eigenvalue weighted by Crippen LogP contribution is -2.29. The van der Waals surface area contributed by atoms with Gasteiger partial charge in [-0.05, 0) is 37.0 Å². The minimum atomic E-state index is 0.0672. The Morgan fingerprint density at radius 1 is 1.53 bits per heavy atom. The summed E-state index contributed by atoms with van der Waals surface area (Å²) in [6, 6.07) is 5.43. The second-order valence-electron chi connectivity index (χ2n) is 4.52. The number of carbonyl (C=O) groups excluding carboxylic acids is 1. The molecule has 2 rings (SSSR count). The summed E-state index contributed by atoms with van der Waals surface area (Å²) in [5.74, 6) is 1.12. The zero-order chi connectivity index (χ0) is 12.4. The number of carbonyl (C=O) groups is 1. The second-order valence-corrected chi connectivity index (χ2v) is 5.26. The number of alkyl halides is 1. The van der Waals surface area contributed by atoms with E-state index >= 15 is 0 Å². The van der Waals surface area contributed by atoms with E-state index in [2.05, 4.69) is 0 Å². The fraction of sp³-hybridized carbons (Fsp3) is 0.462. The zero-order valence-corrected chi connectivity index (χ0v) is 11.3. The van der Waals surface area contributed by atoms with Crippen molar-refractivity contribution in [3.8, 4) is 0 Å². The average Bonchev–Trinajstić information content (AvgIpc) is 2.80. The first kappa shape index (κ1) is 12.7. The SMILES string of the molecule is Cc1ccc(Cl)cc1C(=O)N1CCC(CCl)C1. The monoisotopic (exact) mass is 271 g/mol. The van der Waals surface area contributed by atoms with Crippen molar-refractivity contribution < 1.29 is 4.79 Å². The summed E-state index contributed by atoms with van der Waals surface area (Å²) in [6.07, 6.45) is 0.995. The molecule has 17 heavy (non-hydrogen) atoms. The molecule has 0 saturated carbocycles. The Balaban J connectivity index is 2.17. The van der Waals surface area contributed by atoms with Gasteiger partial charge >= 0.3 is 0 Å². The van der Waals surface area contributed by atoms with Crippen LogP contribution in [0.25, 0.3) is 0 Å². The minimum absolute atomic E-state index is 0.0672. The fourth-order valence-corrected chi connectivity index (χ4v) is 2.56. The number of aryl methyl sites for hydroxylation is 1. The summed E-state index contributed by atoms with van der Waals surface area (Å²) in [7, 11) is 0. The largest absolute Gasteiger partial charge is 0.338 e. The standard InChI is InChI=1S/C13H15Cl2NO/c1-9-2-3-11(15)6-12(9)13(17)16-5-4-10(7-14)8-16/h2-3,6,10H,4-5,7-8H2,1H3. The molecule has 1 aliphatic heterocycles. The van der Waals surface area contributed by atoms with Gasteiger partial charge in [-0.1, -0.05) is 17.7 Å². The van der Waals surface area contributed by atoms with Gasteiger partial charge in [0.2, 0.25) is 0 Å². The van der Waals surface area contributed by atoms with Crippen LogP contribution >= 0.6 is 23.2 Å². The smallest absolute Gasteiger partial charge is 0.254 e. The highest BCUT2D eigenvalue weighted by atomic mass is 35.5. The van der Waals surface area contributed by atoms with Crippen molar-refractivity contribution in [1.29, 1.82) is 0 Å². The van der Waals surface area contributed by atoms with Crippen molar-refractivity contribution in [3.05, 3.63) is 34.3 Å². The van der Waals surface area contributed by atoms with E-state index in [1.54, 1.807) is 12.1 Å². The van der Waals surface area contributed by atoms with Gasteiger partial charge in [0, 0.05) is 29.6 Å². The van der Waals surface area contributed by atoms with Crippen LogP contribution in [0, 0.1) is 12.8 Å². The molecule has 1 heterocycles. The molecule has 0 radical (unpaired) electrons. The van der Waals surface area contributed by atoms with Crippen molar-refractivity contribution in [2.24, 2.45) is 5.92 Å². The van der Waals surface area contributed by atoms with E-state index in [1.165, 1.54) is 0 Å². The number of likely N-dealkylation sites (tertiary alicyclic amines) is 1. The van der Waals surface area contributed by atoms with Gasteiger partial charge in [0.15, 0.2) is 0 Å². The molecule has 0 bridgehead atoms. The van der Waals surface area contributed by atoms with Crippen LogP contribution < -0.4 is 0 Å². The van der Waals surface area contributed by atoms with Gasteiger partial charge in [0.1, 0.15) is 0 Å². The first-order valence-corrected chi connectivity index (χ1v) is 6.64. The van der Waals surface area contributed by atoms with Crippen LogP contribution in [0.1, 0.15) is 22.3 Å². The molecule has 4 heteroatoms. The highest BCUT2D eigenvalue weighted by Crippen LogP contribution is 2.22. The third-order valence-corrected chi connectivity index (χ3v) is 3.89. The highest BCUT2D eigenvalue weighted by Gasteiger charge is 2.27. The van der Waals surface area contributed by atoms with Crippen LogP contribution in [0.3, 0.4) is 0 Å². The molecule has 1 aliphatic rings. The first-order valence-electron chi connectivity index (χ1n) is 5.73. The van der Waals surface area contributed by atoms with Crippen molar-refractivity contribution in [1.82, 2.24) is 4.90 Å². The lowest BCUT2D eigenvalue weighted by Gasteiger charge is -2.17.